The summed E-state index contributed by atoms with van der Waals surface area (Å²) in [5.74, 6) is -0.677. The van der Waals surface area contributed by atoms with Crippen molar-refractivity contribution < 1.29 is 50.7 Å². The fraction of sp³-hybridized carbons (Fsp3) is 0.800. The third-order valence-electron chi connectivity index (χ3n) is 1.81. The van der Waals surface area contributed by atoms with Gasteiger partial charge in [-0.1, -0.05) is 26.2 Å². The van der Waals surface area contributed by atoms with E-state index in [4.69, 9.17) is 5.11 Å². The van der Waals surface area contributed by atoms with Crippen LogP contribution in [0.1, 0.15) is 51.9 Å². The van der Waals surface area contributed by atoms with Crippen molar-refractivity contribution in [2.45, 2.75) is 51.9 Å². The summed E-state index contributed by atoms with van der Waals surface area (Å²) in [6.45, 7) is 2.18. The zero-order chi connectivity index (χ0) is 9.23. The van der Waals surface area contributed by atoms with Crippen molar-refractivity contribution in [3.63, 3.8) is 0 Å². The molecule has 76 valence electrons. The number of aliphatic carboxylic acids is 1. The first-order chi connectivity index (χ1) is 5.77. The van der Waals surface area contributed by atoms with E-state index in [1.807, 2.05) is 0 Å². The minimum absolute atomic E-state index is 0. The van der Waals surface area contributed by atoms with Crippen LogP contribution in [0.2, 0.25) is 0 Å². The minimum Gasteiger partial charge on any atom is -0.481 e. The van der Waals surface area contributed by atoms with E-state index >= 15 is 0 Å². The summed E-state index contributed by atoms with van der Waals surface area (Å²) in [6, 6.07) is 0. The van der Waals surface area contributed by atoms with Gasteiger partial charge in [-0.3, -0.25) is 4.79 Å². The minimum atomic E-state index is -0.677. The first-order valence-corrected chi connectivity index (χ1v) is 4.80. The summed E-state index contributed by atoms with van der Waals surface area (Å²) in [5, 5.41) is 8.34. The SMILES string of the molecule is CCCC[CH-]CCCCC(=O)O.[Nd]. The van der Waals surface area contributed by atoms with Gasteiger partial charge in [0.05, 0.1) is 0 Å². The van der Waals surface area contributed by atoms with Crippen molar-refractivity contribution in [2.24, 2.45) is 0 Å². The predicted molar refractivity (Wildman–Crippen MR) is 49.9 cm³/mol. The molecule has 3 heteroatoms. The van der Waals surface area contributed by atoms with E-state index in [1.54, 1.807) is 0 Å². The third-order valence-corrected chi connectivity index (χ3v) is 1.81. The predicted octanol–water partition coefficient (Wildman–Crippen LogP) is 3.03. The molecule has 0 fully saturated rings. The molecule has 2 nitrogen and oxygen atoms in total. The smallest absolute Gasteiger partial charge is 0.303 e. The van der Waals surface area contributed by atoms with Gasteiger partial charge in [-0.25, -0.2) is 0 Å². The Morgan fingerprint density at radius 2 is 1.85 bits per heavy atom. The van der Waals surface area contributed by atoms with Crippen LogP contribution in [-0.2, 0) is 4.79 Å². The van der Waals surface area contributed by atoms with E-state index in [0.29, 0.717) is 6.42 Å². The van der Waals surface area contributed by atoms with Gasteiger partial charge in [-0.15, -0.1) is 0 Å². The molecule has 0 aliphatic carbocycles. The van der Waals surface area contributed by atoms with Crippen LogP contribution in [0.4, 0.5) is 0 Å². The first-order valence-electron chi connectivity index (χ1n) is 4.80. The second kappa shape index (κ2) is 12.8. The van der Waals surface area contributed by atoms with Gasteiger partial charge >= 0.3 is 5.97 Å². The maximum absolute atomic E-state index is 10.1. The van der Waals surface area contributed by atoms with Gasteiger partial charge in [-0.05, 0) is 6.42 Å². The van der Waals surface area contributed by atoms with Crippen molar-refractivity contribution in [2.75, 3.05) is 0 Å². The van der Waals surface area contributed by atoms with Gasteiger partial charge in [0.25, 0.3) is 0 Å². The molecule has 1 N–H and O–H groups in total. The fourth-order valence-corrected chi connectivity index (χ4v) is 1.06. The van der Waals surface area contributed by atoms with Crippen LogP contribution >= 0.6 is 0 Å². The maximum atomic E-state index is 10.1. The Labute approximate surface area is 114 Å². The van der Waals surface area contributed by atoms with Gasteiger partial charge in [0.2, 0.25) is 0 Å². The van der Waals surface area contributed by atoms with E-state index in [9.17, 15) is 4.79 Å². The Morgan fingerprint density at radius 3 is 2.38 bits per heavy atom. The average Bonchev–Trinajstić information content (AvgIpc) is 2.02. The van der Waals surface area contributed by atoms with Crippen LogP contribution in [0.25, 0.3) is 0 Å². The molecule has 0 aromatic heterocycles. The van der Waals surface area contributed by atoms with Crippen molar-refractivity contribution >= 4 is 5.97 Å². The Kier molecular flexibility index (Phi) is 16.0. The van der Waals surface area contributed by atoms with Crippen LogP contribution in [0.15, 0.2) is 0 Å². The zero-order valence-corrected chi connectivity index (χ0v) is 11.6. The number of carboxylic acid groups (broad SMARTS) is 1. The number of carboxylic acids is 1. The Hall–Kier alpha value is 0.821. The van der Waals surface area contributed by atoms with Gasteiger partial charge < -0.3 is 11.5 Å². The molecule has 0 amide bonds. The van der Waals surface area contributed by atoms with E-state index in [0.717, 1.165) is 19.3 Å². The van der Waals surface area contributed by atoms with Gasteiger partial charge in [0.1, 0.15) is 0 Å². The Morgan fingerprint density at radius 1 is 1.23 bits per heavy atom. The number of hydrogen-bond acceptors (Lipinski definition) is 1. The largest absolute Gasteiger partial charge is 0.481 e. The third kappa shape index (κ3) is 15.6. The van der Waals surface area contributed by atoms with E-state index < -0.39 is 5.97 Å². The molecule has 0 unspecified atom stereocenters. The van der Waals surface area contributed by atoms with Crippen LogP contribution < -0.4 is 0 Å². The molecular weight excluding hydrogens is 296 g/mol. The molecule has 0 heterocycles. The van der Waals surface area contributed by atoms with Crippen molar-refractivity contribution in [3.8, 4) is 0 Å². The van der Waals surface area contributed by atoms with Gasteiger partial charge in [-0.2, -0.15) is 12.8 Å². The quantitative estimate of drug-likeness (QED) is 0.552. The number of rotatable bonds is 8. The van der Waals surface area contributed by atoms with Crippen LogP contribution in [-0.4, -0.2) is 11.1 Å². The van der Waals surface area contributed by atoms with Crippen molar-refractivity contribution in [3.05, 3.63) is 6.42 Å². The van der Waals surface area contributed by atoms with Crippen molar-refractivity contribution in [1.29, 1.82) is 0 Å². The van der Waals surface area contributed by atoms with Crippen LogP contribution in [0.3, 0.4) is 0 Å². The zero-order valence-electron chi connectivity index (χ0n) is 8.38. The molecular formula is C10H19NdO2-. The summed E-state index contributed by atoms with van der Waals surface area (Å²) >= 11 is 0. The monoisotopic (exact) mass is 313 g/mol. The van der Waals surface area contributed by atoms with Gasteiger partial charge in [0, 0.05) is 47.3 Å². The standard InChI is InChI=1S/C10H19O2.Nd/c1-2-3-4-5-6-7-8-9-10(11)12;/h5H,2-4,6-9H2,1H3,(H,11,12);/q-1;. The molecule has 0 aliphatic rings. The van der Waals surface area contributed by atoms with E-state index in [-0.39, 0.29) is 40.8 Å². The number of hydrogen-bond donors (Lipinski definition) is 1. The number of carbonyl (C=O) groups is 1. The van der Waals surface area contributed by atoms with E-state index in [1.165, 1.54) is 19.3 Å². The molecule has 0 atom stereocenters. The molecule has 0 aliphatic heterocycles. The molecule has 0 aromatic carbocycles. The molecule has 0 rings (SSSR count). The molecule has 0 saturated heterocycles. The van der Waals surface area contributed by atoms with E-state index in [2.05, 4.69) is 13.3 Å². The second-order valence-corrected chi connectivity index (χ2v) is 3.07. The average molecular weight is 316 g/mol. The molecule has 0 saturated carbocycles. The van der Waals surface area contributed by atoms with Crippen molar-refractivity contribution in [1.82, 2.24) is 0 Å². The summed E-state index contributed by atoms with van der Waals surface area (Å²) in [7, 11) is 0. The molecule has 0 aromatic rings. The van der Waals surface area contributed by atoms with Crippen LogP contribution in [0, 0.1) is 47.3 Å². The Bertz CT molecular complexity index is 115. The van der Waals surface area contributed by atoms with Gasteiger partial charge in [0.15, 0.2) is 0 Å². The summed E-state index contributed by atoms with van der Waals surface area (Å²) in [4.78, 5) is 10.1. The maximum Gasteiger partial charge on any atom is 0.303 e. The molecule has 0 bridgehead atoms. The fourth-order valence-electron chi connectivity index (χ4n) is 1.06. The molecule has 0 spiro atoms. The van der Waals surface area contributed by atoms with Crippen LogP contribution in [0.5, 0.6) is 0 Å². The molecule has 0 radical (unpaired) electrons. The topological polar surface area (TPSA) is 37.3 Å². The summed E-state index contributed by atoms with van der Waals surface area (Å²) in [5.41, 5.74) is 0. The molecule has 13 heavy (non-hydrogen) atoms. The normalized spacial score (nSPS) is 9.31. The first kappa shape index (κ1) is 16.3. The number of unbranched alkanes of at least 4 members (excludes halogenated alkanes) is 6. The summed E-state index contributed by atoms with van der Waals surface area (Å²) in [6.07, 6.45) is 9.20. The second-order valence-electron chi connectivity index (χ2n) is 3.07. The summed E-state index contributed by atoms with van der Waals surface area (Å²) < 4.78 is 0. The Balaban J connectivity index is 0.